The quantitative estimate of drug-likeness (QED) is 0.683. The average molecular weight is 357 g/mol. The van der Waals surface area contributed by atoms with Gasteiger partial charge in [-0.05, 0) is 43.2 Å². The van der Waals surface area contributed by atoms with Crippen molar-refractivity contribution < 1.29 is 24.2 Å². The van der Waals surface area contributed by atoms with E-state index in [1.165, 1.54) is 0 Å². The van der Waals surface area contributed by atoms with Crippen LogP contribution in [-0.4, -0.2) is 29.6 Å². The first-order valence-electron chi connectivity index (χ1n) is 8.43. The van der Waals surface area contributed by atoms with Gasteiger partial charge in [0.1, 0.15) is 18.1 Å². The van der Waals surface area contributed by atoms with Crippen molar-refractivity contribution in [3.63, 3.8) is 0 Å². The number of rotatable bonds is 10. The molecule has 0 bridgehead atoms. The molecule has 6 heteroatoms. The lowest BCUT2D eigenvalue weighted by molar-refractivity contribution is -0.137. The van der Waals surface area contributed by atoms with E-state index in [1.54, 1.807) is 31.2 Å². The summed E-state index contributed by atoms with van der Waals surface area (Å²) in [6.45, 7) is 2.12. The zero-order chi connectivity index (χ0) is 18.8. The number of carboxylic acid groups (broad SMARTS) is 1. The Morgan fingerprint density at radius 3 is 2.23 bits per heavy atom. The fourth-order valence-corrected chi connectivity index (χ4v) is 2.25. The number of carboxylic acids is 1. The summed E-state index contributed by atoms with van der Waals surface area (Å²) < 4.78 is 11.1. The highest BCUT2D eigenvalue weighted by atomic mass is 16.5. The van der Waals surface area contributed by atoms with Crippen molar-refractivity contribution >= 4 is 11.9 Å². The molecule has 1 amide bonds. The van der Waals surface area contributed by atoms with E-state index in [-0.39, 0.29) is 25.0 Å². The monoisotopic (exact) mass is 357 g/mol. The van der Waals surface area contributed by atoms with Crippen molar-refractivity contribution in [1.29, 1.82) is 0 Å². The Labute approximate surface area is 152 Å². The number of carbonyl (C=O) groups is 2. The number of benzene rings is 2. The van der Waals surface area contributed by atoms with Gasteiger partial charge in [0.15, 0.2) is 6.61 Å². The molecule has 138 valence electrons. The second-order valence-electron chi connectivity index (χ2n) is 5.94. The van der Waals surface area contributed by atoms with Crippen molar-refractivity contribution in [3.8, 4) is 11.5 Å². The maximum absolute atomic E-state index is 11.8. The van der Waals surface area contributed by atoms with E-state index in [0.29, 0.717) is 24.5 Å². The normalized spacial score (nSPS) is 11.4. The van der Waals surface area contributed by atoms with Gasteiger partial charge in [-0.2, -0.15) is 0 Å². The van der Waals surface area contributed by atoms with E-state index in [0.717, 1.165) is 5.56 Å². The molecule has 0 saturated carbocycles. The van der Waals surface area contributed by atoms with Gasteiger partial charge >= 0.3 is 5.97 Å². The second-order valence-corrected chi connectivity index (χ2v) is 5.94. The fourth-order valence-electron chi connectivity index (χ4n) is 2.25. The van der Waals surface area contributed by atoms with Crippen molar-refractivity contribution in [2.24, 2.45) is 0 Å². The third-order valence-electron chi connectivity index (χ3n) is 3.64. The summed E-state index contributed by atoms with van der Waals surface area (Å²) in [5, 5.41) is 11.3. The Bertz CT molecular complexity index is 700. The zero-order valence-corrected chi connectivity index (χ0v) is 14.7. The van der Waals surface area contributed by atoms with Crippen LogP contribution in [0.2, 0.25) is 0 Å². The Morgan fingerprint density at radius 2 is 1.62 bits per heavy atom. The molecule has 2 rings (SSSR count). The van der Waals surface area contributed by atoms with E-state index in [2.05, 4.69) is 5.32 Å². The molecule has 2 N–H and O–H groups in total. The number of ether oxygens (including phenoxy) is 2. The molecule has 2 aromatic rings. The Morgan fingerprint density at radius 1 is 1.00 bits per heavy atom. The van der Waals surface area contributed by atoms with Crippen LogP contribution >= 0.6 is 0 Å². The van der Waals surface area contributed by atoms with E-state index in [1.807, 2.05) is 30.3 Å². The second kappa shape index (κ2) is 10.1. The van der Waals surface area contributed by atoms with Gasteiger partial charge in [0.2, 0.25) is 0 Å². The summed E-state index contributed by atoms with van der Waals surface area (Å²) in [6.07, 6.45) is 0.404. The minimum atomic E-state index is -0.878. The third kappa shape index (κ3) is 7.25. The Balaban J connectivity index is 1.71. The lowest BCUT2D eigenvalue weighted by Gasteiger charge is -2.13. The van der Waals surface area contributed by atoms with Gasteiger partial charge < -0.3 is 19.9 Å². The van der Waals surface area contributed by atoms with Crippen molar-refractivity contribution in [1.82, 2.24) is 5.32 Å². The SMILES string of the molecule is CC(CCC(=O)O)NC(=O)COc1ccc(OCc2ccccc2)cc1. The lowest BCUT2D eigenvalue weighted by Crippen LogP contribution is -2.36. The van der Waals surface area contributed by atoms with Crippen LogP contribution in [0, 0.1) is 0 Å². The molecule has 1 atom stereocenters. The van der Waals surface area contributed by atoms with E-state index in [4.69, 9.17) is 14.6 Å². The minimum Gasteiger partial charge on any atom is -0.489 e. The molecule has 0 aliphatic carbocycles. The highest BCUT2D eigenvalue weighted by Gasteiger charge is 2.10. The standard InChI is InChI=1S/C20H23NO5/c1-15(7-12-20(23)24)21-19(22)14-26-18-10-8-17(9-11-18)25-13-16-5-3-2-4-6-16/h2-6,8-11,15H,7,12-14H2,1H3,(H,21,22)(H,23,24). The van der Waals surface area contributed by atoms with E-state index < -0.39 is 5.97 Å². The van der Waals surface area contributed by atoms with Gasteiger partial charge in [-0.3, -0.25) is 9.59 Å². The average Bonchev–Trinajstić information content (AvgIpc) is 2.65. The van der Waals surface area contributed by atoms with Crippen LogP contribution < -0.4 is 14.8 Å². The smallest absolute Gasteiger partial charge is 0.303 e. The molecule has 0 radical (unpaired) electrons. The number of hydrogen-bond acceptors (Lipinski definition) is 4. The number of amides is 1. The molecular formula is C20H23NO5. The Hall–Kier alpha value is -3.02. The van der Waals surface area contributed by atoms with E-state index >= 15 is 0 Å². The van der Waals surface area contributed by atoms with Crippen LogP contribution in [0.1, 0.15) is 25.3 Å². The molecule has 0 aliphatic rings. The maximum atomic E-state index is 11.8. The summed E-state index contributed by atoms with van der Waals surface area (Å²) >= 11 is 0. The number of nitrogens with one attached hydrogen (secondary N) is 1. The highest BCUT2D eigenvalue weighted by molar-refractivity contribution is 5.77. The van der Waals surface area contributed by atoms with Crippen LogP contribution in [0.4, 0.5) is 0 Å². The first-order chi connectivity index (χ1) is 12.5. The lowest BCUT2D eigenvalue weighted by atomic mass is 10.2. The fraction of sp³-hybridized carbons (Fsp3) is 0.300. The molecule has 0 spiro atoms. The van der Waals surface area contributed by atoms with Crippen molar-refractivity contribution in [2.75, 3.05) is 6.61 Å². The molecule has 0 fully saturated rings. The third-order valence-corrected chi connectivity index (χ3v) is 3.64. The molecule has 0 aromatic heterocycles. The predicted molar refractivity (Wildman–Crippen MR) is 97.2 cm³/mol. The summed E-state index contributed by atoms with van der Waals surface area (Å²) in [4.78, 5) is 22.3. The van der Waals surface area contributed by atoms with Crippen LogP contribution in [0.3, 0.4) is 0 Å². The van der Waals surface area contributed by atoms with Gasteiger partial charge in [0, 0.05) is 12.5 Å². The first-order valence-corrected chi connectivity index (χ1v) is 8.43. The van der Waals surface area contributed by atoms with Gasteiger partial charge in [0.05, 0.1) is 0 Å². The summed E-state index contributed by atoms with van der Waals surface area (Å²) in [6, 6.07) is 16.7. The van der Waals surface area contributed by atoms with E-state index in [9.17, 15) is 9.59 Å². The maximum Gasteiger partial charge on any atom is 0.303 e. The molecule has 26 heavy (non-hydrogen) atoms. The molecule has 0 aliphatic heterocycles. The van der Waals surface area contributed by atoms with Gasteiger partial charge in [-0.25, -0.2) is 0 Å². The van der Waals surface area contributed by atoms with Gasteiger partial charge in [-0.1, -0.05) is 30.3 Å². The number of hydrogen-bond donors (Lipinski definition) is 2. The predicted octanol–water partition coefficient (Wildman–Crippen LogP) is 3.01. The highest BCUT2D eigenvalue weighted by Crippen LogP contribution is 2.18. The number of carbonyl (C=O) groups excluding carboxylic acids is 1. The summed E-state index contributed by atoms with van der Waals surface area (Å²) in [5.41, 5.74) is 1.08. The molecule has 0 saturated heterocycles. The summed E-state index contributed by atoms with van der Waals surface area (Å²) in [5.74, 6) is 0.113. The van der Waals surface area contributed by atoms with Gasteiger partial charge in [-0.15, -0.1) is 0 Å². The molecule has 0 heterocycles. The summed E-state index contributed by atoms with van der Waals surface area (Å²) in [7, 11) is 0. The first kappa shape index (κ1) is 19.3. The topological polar surface area (TPSA) is 84.9 Å². The van der Waals surface area contributed by atoms with Crippen molar-refractivity contribution in [3.05, 3.63) is 60.2 Å². The van der Waals surface area contributed by atoms with Crippen LogP contribution in [-0.2, 0) is 16.2 Å². The van der Waals surface area contributed by atoms with Crippen molar-refractivity contribution in [2.45, 2.75) is 32.4 Å². The zero-order valence-electron chi connectivity index (χ0n) is 14.7. The van der Waals surface area contributed by atoms with Crippen LogP contribution in [0.25, 0.3) is 0 Å². The Kier molecular flexibility index (Phi) is 7.49. The molecule has 2 aromatic carbocycles. The molecular weight excluding hydrogens is 334 g/mol. The minimum absolute atomic E-state index is 0.0206. The van der Waals surface area contributed by atoms with Crippen LogP contribution in [0.5, 0.6) is 11.5 Å². The van der Waals surface area contributed by atoms with Crippen LogP contribution in [0.15, 0.2) is 54.6 Å². The molecule has 1 unspecified atom stereocenters. The van der Waals surface area contributed by atoms with Gasteiger partial charge in [0.25, 0.3) is 5.91 Å². The number of aliphatic carboxylic acids is 1. The largest absolute Gasteiger partial charge is 0.489 e. The molecule has 6 nitrogen and oxygen atoms in total.